The lowest BCUT2D eigenvalue weighted by Crippen LogP contribution is -2.59. The van der Waals surface area contributed by atoms with Gasteiger partial charge in [0.05, 0.1) is 13.2 Å². The Morgan fingerprint density at radius 1 is 1.13 bits per heavy atom. The van der Waals surface area contributed by atoms with Gasteiger partial charge in [-0.3, -0.25) is 9.59 Å². The number of Topliss-reactive ketones (excluding diaryl/α,β-unsaturated/α-hetero) is 2. The van der Waals surface area contributed by atoms with Crippen molar-refractivity contribution < 1.29 is 34.0 Å². The van der Waals surface area contributed by atoms with Crippen LogP contribution in [0.25, 0.3) is 0 Å². The fourth-order valence-corrected chi connectivity index (χ4v) is 4.14. The third kappa shape index (κ3) is 3.40. The third-order valence-corrected chi connectivity index (χ3v) is 5.82. The van der Waals surface area contributed by atoms with Gasteiger partial charge in [-0.15, -0.1) is 0 Å². The molecule has 2 aliphatic heterocycles. The number of aliphatic hydroxyl groups excluding tert-OH is 1. The highest BCUT2D eigenvalue weighted by atomic mass is 16.6. The Balaban J connectivity index is 1.65. The number of ether oxygens (including phenoxy) is 3. The Hall–Kier alpha value is -2.84. The highest BCUT2D eigenvalue weighted by Gasteiger charge is 2.71. The maximum absolute atomic E-state index is 13.4. The van der Waals surface area contributed by atoms with Crippen molar-refractivity contribution in [2.75, 3.05) is 19.8 Å². The van der Waals surface area contributed by atoms with Gasteiger partial charge in [-0.05, 0) is 31.2 Å². The van der Waals surface area contributed by atoms with Crippen molar-refractivity contribution in [2.45, 2.75) is 30.3 Å². The van der Waals surface area contributed by atoms with Crippen LogP contribution in [-0.4, -0.2) is 65.0 Å². The Labute approximate surface area is 179 Å². The molecule has 2 N–H and O–H groups in total. The monoisotopic (exact) mass is 424 g/mol. The van der Waals surface area contributed by atoms with Gasteiger partial charge in [0, 0.05) is 11.1 Å². The van der Waals surface area contributed by atoms with Crippen LogP contribution in [0.1, 0.15) is 26.3 Å². The Bertz CT molecular complexity index is 998. The van der Waals surface area contributed by atoms with Crippen LogP contribution in [0.15, 0.2) is 61.2 Å². The number of carbonyl (C=O) groups excluding carboxylic acids is 2. The number of benzene rings is 2. The molecule has 0 radical (unpaired) electrons. The van der Waals surface area contributed by atoms with Crippen LogP contribution in [-0.2, 0) is 9.47 Å². The van der Waals surface area contributed by atoms with Gasteiger partial charge in [-0.25, -0.2) is 0 Å². The van der Waals surface area contributed by atoms with Gasteiger partial charge in [0.25, 0.3) is 0 Å². The van der Waals surface area contributed by atoms with E-state index in [4.69, 9.17) is 14.2 Å². The quantitative estimate of drug-likeness (QED) is 0.517. The molecule has 4 rings (SSSR count). The van der Waals surface area contributed by atoms with Crippen molar-refractivity contribution in [1.82, 2.24) is 0 Å². The van der Waals surface area contributed by atoms with E-state index < -0.39 is 41.6 Å². The van der Waals surface area contributed by atoms with Gasteiger partial charge in [0.2, 0.25) is 0 Å². The lowest BCUT2D eigenvalue weighted by Gasteiger charge is -2.31. The number of aryl methyl sites for hydroxylation is 1. The van der Waals surface area contributed by atoms with E-state index in [-0.39, 0.29) is 17.7 Å². The molecule has 0 unspecified atom stereocenters. The van der Waals surface area contributed by atoms with E-state index in [0.717, 1.165) is 5.56 Å². The predicted molar refractivity (Wildman–Crippen MR) is 111 cm³/mol. The van der Waals surface area contributed by atoms with E-state index in [1.807, 2.05) is 6.92 Å². The molecule has 2 saturated heterocycles. The van der Waals surface area contributed by atoms with Crippen LogP contribution in [0, 0.1) is 6.92 Å². The van der Waals surface area contributed by atoms with Gasteiger partial charge < -0.3 is 24.4 Å². The SMILES string of the molecule is C=CCOc1ccc(C(=O)[C@]23OC[C@](O)(C(=O)c4ccc(C)cc4)[C@H]2OC[C@@H]3O)cc1. The zero-order chi connectivity index (χ0) is 22.2. The summed E-state index contributed by atoms with van der Waals surface area (Å²) in [5.41, 5.74) is -2.50. The number of carbonyl (C=O) groups is 2. The van der Waals surface area contributed by atoms with Crippen molar-refractivity contribution in [3.05, 3.63) is 77.9 Å². The first-order chi connectivity index (χ1) is 14.8. The first-order valence-electron chi connectivity index (χ1n) is 9.99. The maximum Gasteiger partial charge on any atom is 0.200 e. The van der Waals surface area contributed by atoms with Crippen molar-refractivity contribution in [1.29, 1.82) is 0 Å². The van der Waals surface area contributed by atoms with Gasteiger partial charge in [-0.1, -0.05) is 42.5 Å². The highest BCUT2D eigenvalue weighted by molar-refractivity contribution is 6.08. The molecule has 2 aliphatic rings. The largest absolute Gasteiger partial charge is 0.490 e. The molecule has 2 heterocycles. The molecule has 7 heteroatoms. The van der Waals surface area contributed by atoms with Crippen molar-refractivity contribution in [3.63, 3.8) is 0 Å². The second-order valence-corrected chi connectivity index (χ2v) is 7.88. The summed E-state index contributed by atoms with van der Waals surface area (Å²) in [6, 6.07) is 13.0. The summed E-state index contributed by atoms with van der Waals surface area (Å²) in [6.07, 6.45) is -1.07. The molecule has 2 fully saturated rings. The molecule has 0 aliphatic carbocycles. The Morgan fingerprint density at radius 2 is 1.74 bits per heavy atom. The van der Waals surface area contributed by atoms with Gasteiger partial charge in [0.1, 0.15) is 24.6 Å². The van der Waals surface area contributed by atoms with E-state index in [1.54, 1.807) is 54.6 Å². The molecule has 2 aromatic carbocycles. The minimum Gasteiger partial charge on any atom is -0.490 e. The Morgan fingerprint density at radius 3 is 2.39 bits per heavy atom. The lowest BCUT2D eigenvalue weighted by molar-refractivity contribution is -0.0516. The summed E-state index contributed by atoms with van der Waals surface area (Å²) in [5.74, 6) is -0.632. The zero-order valence-corrected chi connectivity index (χ0v) is 17.1. The second-order valence-electron chi connectivity index (χ2n) is 7.88. The average Bonchev–Trinajstić information content (AvgIpc) is 3.29. The number of ketones is 2. The second kappa shape index (κ2) is 8.01. The fraction of sp³-hybridized carbons (Fsp3) is 0.333. The smallest absolute Gasteiger partial charge is 0.200 e. The molecule has 31 heavy (non-hydrogen) atoms. The summed E-state index contributed by atoms with van der Waals surface area (Å²) in [4.78, 5) is 26.6. The van der Waals surface area contributed by atoms with Crippen LogP contribution in [0.5, 0.6) is 5.75 Å². The molecular formula is C24H24O7. The number of hydrogen-bond donors (Lipinski definition) is 2. The normalized spacial score (nSPS) is 29.4. The van der Waals surface area contributed by atoms with Crippen molar-refractivity contribution in [2.24, 2.45) is 0 Å². The molecule has 4 atom stereocenters. The number of hydrogen-bond acceptors (Lipinski definition) is 7. The molecule has 0 aromatic heterocycles. The van der Waals surface area contributed by atoms with Crippen LogP contribution in [0.2, 0.25) is 0 Å². The minimum atomic E-state index is -2.10. The first-order valence-corrected chi connectivity index (χ1v) is 9.99. The minimum absolute atomic E-state index is 0.236. The lowest BCUT2D eigenvalue weighted by atomic mass is 9.77. The van der Waals surface area contributed by atoms with Crippen LogP contribution < -0.4 is 4.74 Å². The molecular weight excluding hydrogens is 400 g/mol. The van der Waals surface area contributed by atoms with E-state index in [9.17, 15) is 19.8 Å². The molecule has 0 bridgehead atoms. The molecule has 7 nitrogen and oxygen atoms in total. The van der Waals surface area contributed by atoms with Crippen LogP contribution in [0.3, 0.4) is 0 Å². The zero-order valence-electron chi connectivity index (χ0n) is 17.1. The summed E-state index contributed by atoms with van der Waals surface area (Å²) < 4.78 is 16.7. The summed E-state index contributed by atoms with van der Waals surface area (Å²) in [6.45, 7) is 5.09. The maximum atomic E-state index is 13.4. The summed E-state index contributed by atoms with van der Waals surface area (Å²) >= 11 is 0. The molecule has 0 saturated carbocycles. The molecule has 0 spiro atoms. The van der Waals surface area contributed by atoms with E-state index in [1.165, 1.54) is 0 Å². The summed E-state index contributed by atoms with van der Waals surface area (Å²) in [7, 11) is 0. The van der Waals surface area contributed by atoms with Crippen LogP contribution in [0.4, 0.5) is 0 Å². The van der Waals surface area contributed by atoms with Gasteiger partial charge in [0.15, 0.2) is 22.8 Å². The predicted octanol–water partition coefficient (Wildman–Crippen LogP) is 1.89. The highest BCUT2D eigenvalue weighted by Crippen LogP contribution is 2.46. The van der Waals surface area contributed by atoms with E-state index in [0.29, 0.717) is 12.4 Å². The summed E-state index contributed by atoms with van der Waals surface area (Å²) in [5, 5.41) is 21.9. The average molecular weight is 424 g/mol. The molecule has 2 aromatic rings. The van der Waals surface area contributed by atoms with Crippen LogP contribution >= 0.6 is 0 Å². The first kappa shape index (κ1) is 21.4. The van der Waals surface area contributed by atoms with E-state index in [2.05, 4.69) is 6.58 Å². The number of rotatable bonds is 7. The fourth-order valence-electron chi connectivity index (χ4n) is 4.14. The van der Waals surface area contributed by atoms with Gasteiger partial charge in [-0.2, -0.15) is 0 Å². The van der Waals surface area contributed by atoms with Crippen molar-refractivity contribution >= 4 is 11.6 Å². The van der Waals surface area contributed by atoms with Crippen molar-refractivity contribution in [3.8, 4) is 5.75 Å². The van der Waals surface area contributed by atoms with E-state index >= 15 is 0 Å². The third-order valence-electron chi connectivity index (χ3n) is 5.82. The number of aliphatic hydroxyl groups is 2. The number of fused-ring (bicyclic) bond motifs is 1. The standard InChI is InChI=1S/C24H24O7/c1-3-12-29-18-10-8-17(9-11-18)21(27)24-19(25)13-30-22(24)23(28,14-31-24)20(26)16-6-4-15(2)5-7-16/h3-11,19,22,25,28H,1,12-14H2,2H3/t19-,22+,23-,24-/m0/s1. The Kier molecular flexibility index (Phi) is 5.53. The molecule has 162 valence electrons. The topological polar surface area (TPSA) is 102 Å². The molecule has 0 amide bonds. The van der Waals surface area contributed by atoms with Gasteiger partial charge >= 0.3 is 0 Å².